The first kappa shape index (κ1) is 16.6. The molecule has 0 aromatic heterocycles. The van der Waals surface area contributed by atoms with Crippen molar-refractivity contribution in [3.05, 3.63) is 53.3 Å². The number of sulfonamides is 1. The van der Waals surface area contributed by atoms with Gasteiger partial charge in [0.15, 0.2) is 5.11 Å². The Balaban J connectivity index is 2.06. The molecule has 0 spiro atoms. The molecule has 0 bridgehead atoms. The summed E-state index contributed by atoms with van der Waals surface area (Å²) in [6, 6.07) is 9.80. The van der Waals surface area contributed by atoms with Gasteiger partial charge < -0.3 is 10.6 Å². The highest BCUT2D eigenvalue weighted by Gasteiger charge is 2.08. The number of halogens is 2. The molecule has 2 aromatic rings. The van der Waals surface area contributed by atoms with E-state index in [1.165, 1.54) is 36.4 Å². The van der Waals surface area contributed by atoms with E-state index in [9.17, 15) is 12.8 Å². The molecule has 0 aliphatic rings. The molecule has 0 aliphatic carbocycles. The zero-order chi connectivity index (χ0) is 16.3. The molecule has 0 fully saturated rings. The van der Waals surface area contributed by atoms with E-state index < -0.39 is 15.8 Å². The summed E-state index contributed by atoms with van der Waals surface area (Å²) in [5, 5.41) is 10.9. The van der Waals surface area contributed by atoms with Crippen molar-refractivity contribution in [3.8, 4) is 0 Å². The van der Waals surface area contributed by atoms with Crippen LogP contribution in [0, 0.1) is 5.82 Å². The molecule has 0 heterocycles. The van der Waals surface area contributed by atoms with Gasteiger partial charge in [0.25, 0.3) is 0 Å². The minimum absolute atomic E-state index is 0.0133. The minimum atomic E-state index is -3.74. The first-order valence-electron chi connectivity index (χ1n) is 5.91. The average Bonchev–Trinajstić information content (AvgIpc) is 2.41. The third-order valence-corrected chi connectivity index (χ3v) is 3.99. The van der Waals surface area contributed by atoms with Gasteiger partial charge in [-0.2, -0.15) is 0 Å². The number of benzene rings is 2. The smallest absolute Gasteiger partial charge is 0.238 e. The van der Waals surface area contributed by atoms with Gasteiger partial charge >= 0.3 is 0 Å². The maximum absolute atomic E-state index is 13.6. The Hall–Kier alpha value is -1.74. The van der Waals surface area contributed by atoms with Crippen LogP contribution in [0.2, 0.25) is 5.02 Å². The van der Waals surface area contributed by atoms with Crippen LogP contribution in [0.15, 0.2) is 47.4 Å². The summed E-state index contributed by atoms with van der Waals surface area (Å²) in [4.78, 5) is -0.0133. The lowest BCUT2D eigenvalue weighted by Crippen LogP contribution is -2.20. The van der Waals surface area contributed by atoms with Crippen molar-refractivity contribution in [1.29, 1.82) is 0 Å². The van der Waals surface area contributed by atoms with E-state index in [0.29, 0.717) is 5.69 Å². The van der Waals surface area contributed by atoms with Crippen LogP contribution in [0.1, 0.15) is 0 Å². The van der Waals surface area contributed by atoms with Gasteiger partial charge in [-0.1, -0.05) is 11.6 Å². The van der Waals surface area contributed by atoms with Crippen molar-refractivity contribution >= 4 is 50.3 Å². The first-order chi connectivity index (χ1) is 10.3. The summed E-state index contributed by atoms with van der Waals surface area (Å²) in [7, 11) is -3.74. The van der Waals surface area contributed by atoms with Gasteiger partial charge in [0.1, 0.15) is 5.82 Å². The highest BCUT2D eigenvalue weighted by molar-refractivity contribution is 7.89. The van der Waals surface area contributed by atoms with Gasteiger partial charge in [-0.15, -0.1) is 0 Å². The molecule has 0 aliphatic heterocycles. The summed E-state index contributed by atoms with van der Waals surface area (Å²) in [5.74, 6) is -0.541. The number of rotatable bonds is 3. The normalized spacial score (nSPS) is 11.0. The standard InChI is InChI=1S/C13H11ClFN3O2S2/c14-8-1-6-12(11(15)7-8)18-13(21)17-9-2-4-10(5-3-9)22(16,19)20/h1-7H,(H2,16,19,20)(H2,17,18,21). The topological polar surface area (TPSA) is 84.2 Å². The molecule has 0 atom stereocenters. The monoisotopic (exact) mass is 359 g/mol. The van der Waals surface area contributed by atoms with Crippen LogP contribution in [0.3, 0.4) is 0 Å². The summed E-state index contributed by atoms with van der Waals surface area (Å²) in [5.41, 5.74) is 0.697. The van der Waals surface area contributed by atoms with Crippen LogP contribution >= 0.6 is 23.8 Å². The lowest BCUT2D eigenvalue weighted by molar-refractivity contribution is 0.598. The van der Waals surface area contributed by atoms with E-state index in [2.05, 4.69) is 10.6 Å². The Morgan fingerprint density at radius 3 is 2.32 bits per heavy atom. The summed E-state index contributed by atoms with van der Waals surface area (Å²) in [6.45, 7) is 0. The van der Waals surface area contributed by atoms with E-state index >= 15 is 0 Å². The summed E-state index contributed by atoms with van der Waals surface area (Å²) >= 11 is 10.7. The summed E-state index contributed by atoms with van der Waals surface area (Å²) < 4.78 is 35.9. The van der Waals surface area contributed by atoms with E-state index in [1.807, 2.05) is 0 Å². The minimum Gasteiger partial charge on any atom is -0.332 e. The van der Waals surface area contributed by atoms with Crippen molar-refractivity contribution in [2.75, 3.05) is 10.6 Å². The molecule has 0 amide bonds. The van der Waals surface area contributed by atoms with Gasteiger partial charge in [0.2, 0.25) is 10.0 Å². The quantitative estimate of drug-likeness (QED) is 0.734. The number of nitrogens with two attached hydrogens (primary N) is 1. The summed E-state index contributed by atoms with van der Waals surface area (Å²) in [6.07, 6.45) is 0. The Morgan fingerprint density at radius 2 is 1.77 bits per heavy atom. The van der Waals surface area contributed by atoms with Crippen LogP contribution in [0.5, 0.6) is 0 Å². The Bertz CT molecular complexity index is 811. The fourth-order valence-corrected chi connectivity index (χ4v) is 2.51. The molecule has 0 saturated heterocycles. The zero-order valence-electron chi connectivity index (χ0n) is 11.0. The Morgan fingerprint density at radius 1 is 1.14 bits per heavy atom. The van der Waals surface area contributed by atoms with Crippen LogP contribution in [0.25, 0.3) is 0 Å². The molecular weight excluding hydrogens is 349 g/mol. The van der Waals surface area contributed by atoms with Crippen molar-refractivity contribution in [1.82, 2.24) is 0 Å². The number of nitrogens with one attached hydrogen (secondary N) is 2. The number of anilines is 2. The number of thiocarbonyl (C=S) groups is 1. The van der Waals surface area contributed by atoms with Gasteiger partial charge in [-0.05, 0) is 54.7 Å². The van der Waals surface area contributed by atoms with Crippen molar-refractivity contribution in [2.24, 2.45) is 5.14 Å². The van der Waals surface area contributed by atoms with Crippen molar-refractivity contribution in [3.63, 3.8) is 0 Å². The largest absolute Gasteiger partial charge is 0.332 e. The first-order valence-corrected chi connectivity index (χ1v) is 8.25. The van der Waals surface area contributed by atoms with Crippen molar-refractivity contribution < 1.29 is 12.8 Å². The Kier molecular flexibility index (Phi) is 4.97. The van der Waals surface area contributed by atoms with Crippen molar-refractivity contribution in [2.45, 2.75) is 4.90 Å². The van der Waals surface area contributed by atoms with Crippen LogP contribution in [0.4, 0.5) is 15.8 Å². The van der Waals surface area contributed by atoms with E-state index in [0.717, 1.165) is 6.07 Å². The predicted molar refractivity (Wildman–Crippen MR) is 89.1 cm³/mol. The van der Waals surface area contributed by atoms with Crippen LogP contribution in [-0.4, -0.2) is 13.5 Å². The molecule has 0 radical (unpaired) electrons. The number of hydrogen-bond acceptors (Lipinski definition) is 3. The SMILES string of the molecule is NS(=O)(=O)c1ccc(NC(=S)Nc2ccc(Cl)cc2F)cc1. The molecule has 0 saturated carbocycles. The molecule has 0 unspecified atom stereocenters. The van der Waals surface area contributed by atoms with Gasteiger partial charge in [0, 0.05) is 10.7 Å². The molecule has 116 valence electrons. The molecule has 4 N–H and O–H groups in total. The second kappa shape index (κ2) is 6.57. The molecular formula is C13H11ClFN3O2S2. The Labute approximate surface area is 137 Å². The lowest BCUT2D eigenvalue weighted by Gasteiger charge is -2.11. The van der Waals surface area contributed by atoms with E-state index in [4.69, 9.17) is 29.0 Å². The number of hydrogen-bond donors (Lipinski definition) is 3. The molecule has 2 aromatic carbocycles. The zero-order valence-corrected chi connectivity index (χ0v) is 13.4. The third kappa shape index (κ3) is 4.38. The fourth-order valence-electron chi connectivity index (χ4n) is 1.60. The molecule has 5 nitrogen and oxygen atoms in total. The van der Waals surface area contributed by atoms with Crippen LogP contribution in [-0.2, 0) is 10.0 Å². The lowest BCUT2D eigenvalue weighted by atomic mass is 10.3. The number of primary sulfonamides is 1. The maximum atomic E-state index is 13.6. The highest BCUT2D eigenvalue weighted by Crippen LogP contribution is 2.19. The van der Waals surface area contributed by atoms with Gasteiger partial charge in [-0.25, -0.2) is 17.9 Å². The molecule has 2 rings (SSSR count). The second-order valence-electron chi connectivity index (χ2n) is 4.27. The predicted octanol–water partition coefficient (Wildman–Crippen LogP) is 2.94. The molecule has 22 heavy (non-hydrogen) atoms. The highest BCUT2D eigenvalue weighted by atomic mass is 35.5. The van der Waals surface area contributed by atoms with Gasteiger partial charge in [0.05, 0.1) is 10.6 Å². The average molecular weight is 360 g/mol. The maximum Gasteiger partial charge on any atom is 0.238 e. The second-order valence-corrected chi connectivity index (χ2v) is 6.68. The van der Waals surface area contributed by atoms with E-state index in [-0.39, 0.29) is 20.7 Å². The third-order valence-electron chi connectivity index (χ3n) is 2.62. The fraction of sp³-hybridized carbons (Fsp3) is 0. The van der Waals surface area contributed by atoms with Crippen LogP contribution < -0.4 is 15.8 Å². The van der Waals surface area contributed by atoms with Gasteiger partial charge in [-0.3, -0.25) is 0 Å². The molecule has 9 heteroatoms. The van der Waals surface area contributed by atoms with E-state index in [1.54, 1.807) is 0 Å².